The van der Waals surface area contributed by atoms with Gasteiger partial charge in [-0.3, -0.25) is 9.79 Å². The summed E-state index contributed by atoms with van der Waals surface area (Å²) in [6.07, 6.45) is 3.64. The van der Waals surface area contributed by atoms with E-state index in [0.29, 0.717) is 23.7 Å². The SMILES string of the molecule is C=C(CCC(C)COCCC)c1ccc(C(=C)N=C(CC)C(C)(C)F)cc1.CC(=O)c1ccccc1. The molecule has 0 saturated heterocycles. The van der Waals surface area contributed by atoms with Gasteiger partial charge in [-0.1, -0.05) is 88.5 Å². The number of hydrogen-bond donors (Lipinski definition) is 0. The second-order valence-electron chi connectivity index (χ2n) is 9.65. The molecule has 0 aliphatic carbocycles. The predicted molar refractivity (Wildman–Crippen MR) is 153 cm³/mol. The molecule has 0 aliphatic rings. The van der Waals surface area contributed by atoms with Gasteiger partial charge in [-0.05, 0) is 69.1 Å². The molecule has 0 amide bonds. The molecule has 0 aliphatic heterocycles. The van der Waals surface area contributed by atoms with E-state index in [9.17, 15) is 9.18 Å². The number of carbonyl (C=O) groups excluding carboxylic acids is 1. The Hall–Kier alpha value is -2.85. The lowest BCUT2D eigenvalue weighted by Gasteiger charge is -2.17. The van der Waals surface area contributed by atoms with E-state index in [1.165, 1.54) is 13.8 Å². The summed E-state index contributed by atoms with van der Waals surface area (Å²) in [4.78, 5) is 15.1. The summed E-state index contributed by atoms with van der Waals surface area (Å²) in [5.74, 6) is 0.647. The number of rotatable bonds is 13. The number of Topliss-reactive ketones (excluding diaryl/α,β-unsaturated/α-hetero) is 1. The molecular formula is C32H44FNO2. The lowest BCUT2D eigenvalue weighted by atomic mass is 9.96. The molecule has 0 fully saturated rings. The first-order valence-corrected chi connectivity index (χ1v) is 12.9. The van der Waals surface area contributed by atoms with E-state index in [1.54, 1.807) is 6.92 Å². The lowest BCUT2D eigenvalue weighted by molar-refractivity contribution is 0.101. The Morgan fingerprint density at radius 3 is 2.06 bits per heavy atom. The average Bonchev–Trinajstić information content (AvgIpc) is 2.86. The Morgan fingerprint density at radius 1 is 1.00 bits per heavy atom. The molecule has 0 aromatic heterocycles. The number of ketones is 1. The first-order valence-electron chi connectivity index (χ1n) is 12.9. The number of benzene rings is 2. The van der Waals surface area contributed by atoms with Crippen LogP contribution in [-0.2, 0) is 4.74 Å². The summed E-state index contributed by atoms with van der Waals surface area (Å²) in [6.45, 7) is 20.7. The fraction of sp³-hybridized carbons (Fsp3) is 0.438. The molecule has 2 rings (SSSR count). The minimum Gasteiger partial charge on any atom is -0.381 e. The Kier molecular flexibility index (Phi) is 13.9. The minimum atomic E-state index is -1.43. The molecule has 36 heavy (non-hydrogen) atoms. The van der Waals surface area contributed by atoms with Crippen molar-refractivity contribution in [2.75, 3.05) is 13.2 Å². The highest BCUT2D eigenvalue weighted by atomic mass is 19.1. The van der Waals surface area contributed by atoms with Crippen LogP contribution < -0.4 is 0 Å². The van der Waals surface area contributed by atoms with Gasteiger partial charge in [0.25, 0.3) is 0 Å². The minimum absolute atomic E-state index is 0.121. The van der Waals surface area contributed by atoms with Crippen molar-refractivity contribution in [2.45, 2.75) is 72.9 Å². The van der Waals surface area contributed by atoms with E-state index in [1.807, 2.05) is 61.5 Å². The van der Waals surface area contributed by atoms with Crippen LogP contribution in [0.15, 0.2) is 72.7 Å². The summed E-state index contributed by atoms with van der Waals surface area (Å²) < 4.78 is 19.8. The molecule has 1 unspecified atom stereocenters. The zero-order valence-electron chi connectivity index (χ0n) is 23.1. The van der Waals surface area contributed by atoms with Gasteiger partial charge in [-0.15, -0.1) is 0 Å². The van der Waals surface area contributed by atoms with Crippen molar-refractivity contribution in [3.05, 3.63) is 84.4 Å². The molecule has 0 N–H and O–H groups in total. The van der Waals surface area contributed by atoms with Crippen LogP contribution in [0, 0.1) is 5.92 Å². The second kappa shape index (κ2) is 16.0. The van der Waals surface area contributed by atoms with Crippen molar-refractivity contribution in [3.63, 3.8) is 0 Å². The molecule has 196 valence electrons. The maximum Gasteiger partial charge on any atom is 0.159 e. The summed E-state index contributed by atoms with van der Waals surface area (Å²) in [5, 5.41) is 0. The highest BCUT2D eigenvalue weighted by Gasteiger charge is 2.22. The summed E-state index contributed by atoms with van der Waals surface area (Å²) in [5.41, 5.74) is 3.61. The summed E-state index contributed by atoms with van der Waals surface area (Å²) in [6, 6.07) is 17.3. The molecule has 3 nitrogen and oxygen atoms in total. The maximum absolute atomic E-state index is 14.2. The van der Waals surface area contributed by atoms with Crippen molar-refractivity contribution < 1.29 is 13.9 Å². The third kappa shape index (κ3) is 11.7. The summed E-state index contributed by atoms with van der Waals surface area (Å²) >= 11 is 0. The largest absolute Gasteiger partial charge is 0.381 e. The fourth-order valence-electron chi connectivity index (χ4n) is 3.51. The monoisotopic (exact) mass is 493 g/mol. The van der Waals surface area contributed by atoms with Gasteiger partial charge in [0.15, 0.2) is 5.78 Å². The summed E-state index contributed by atoms with van der Waals surface area (Å²) in [7, 11) is 0. The Bertz CT molecular complexity index is 985. The van der Waals surface area contributed by atoms with E-state index in [0.717, 1.165) is 54.7 Å². The number of allylic oxidation sites excluding steroid dienone is 1. The van der Waals surface area contributed by atoms with Crippen LogP contribution in [0.1, 0.15) is 88.7 Å². The van der Waals surface area contributed by atoms with E-state index in [2.05, 4.69) is 32.0 Å². The number of halogens is 1. The number of hydrogen-bond acceptors (Lipinski definition) is 3. The standard InChI is InChI=1S/C24H36FNO.C8H8O/c1-8-16-27-17-18(3)10-11-19(4)21-12-14-22(15-13-21)20(5)26-23(9-2)24(6,7)25;1-7(9)8-5-3-2-4-6-8/h12-15,18H,4-5,8-11,16-17H2,1-3,6-7H3;2-6H,1H3. The Labute approximate surface area is 218 Å². The number of carbonyl (C=O) groups is 1. The van der Waals surface area contributed by atoms with Crippen LogP contribution in [-0.4, -0.2) is 30.4 Å². The quantitative estimate of drug-likeness (QED) is 0.159. The highest BCUT2D eigenvalue weighted by Crippen LogP contribution is 2.24. The molecule has 2 aromatic rings. The Balaban J connectivity index is 0.000000600. The van der Waals surface area contributed by atoms with Crippen LogP contribution in [0.3, 0.4) is 0 Å². The number of aliphatic imine (C=N–C) groups is 1. The zero-order valence-corrected chi connectivity index (χ0v) is 23.1. The van der Waals surface area contributed by atoms with Gasteiger partial charge in [0.2, 0.25) is 0 Å². The molecule has 1 atom stereocenters. The van der Waals surface area contributed by atoms with E-state index in [4.69, 9.17) is 4.74 Å². The molecule has 0 radical (unpaired) electrons. The van der Waals surface area contributed by atoms with Gasteiger partial charge in [0.05, 0.1) is 11.4 Å². The van der Waals surface area contributed by atoms with Crippen LogP contribution >= 0.6 is 0 Å². The number of nitrogens with zero attached hydrogens (tertiary/aromatic N) is 1. The van der Waals surface area contributed by atoms with Crippen LogP contribution in [0.5, 0.6) is 0 Å². The number of alkyl halides is 1. The molecule has 0 spiro atoms. The van der Waals surface area contributed by atoms with Crippen LogP contribution in [0.4, 0.5) is 4.39 Å². The van der Waals surface area contributed by atoms with E-state index >= 15 is 0 Å². The van der Waals surface area contributed by atoms with Gasteiger partial charge in [-0.25, -0.2) is 4.39 Å². The third-order valence-corrected chi connectivity index (χ3v) is 5.79. The topological polar surface area (TPSA) is 38.7 Å². The normalized spacial score (nSPS) is 12.4. The van der Waals surface area contributed by atoms with Gasteiger partial charge in [0, 0.05) is 18.8 Å². The van der Waals surface area contributed by atoms with E-state index in [-0.39, 0.29) is 5.78 Å². The van der Waals surface area contributed by atoms with Crippen molar-refractivity contribution in [2.24, 2.45) is 10.9 Å². The highest BCUT2D eigenvalue weighted by molar-refractivity contribution is 5.95. The average molecular weight is 494 g/mol. The molecule has 2 aromatic carbocycles. The molecule has 4 heteroatoms. The molecule has 0 heterocycles. The van der Waals surface area contributed by atoms with Crippen molar-refractivity contribution >= 4 is 22.8 Å². The van der Waals surface area contributed by atoms with Gasteiger partial charge in [-0.2, -0.15) is 0 Å². The molecular weight excluding hydrogens is 449 g/mol. The van der Waals surface area contributed by atoms with Crippen molar-refractivity contribution in [1.29, 1.82) is 0 Å². The smallest absolute Gasteiger partial charge is 0.159 e. The fourth-order valence-corrected chi connectivity index (χ4v) is 3.51. The molecule has 0 saturated carbocycles. The predicted octanol–water partition coefficient (Wildman–Crippen LogP) is 9.00. The maximum atomic E-state index is 14.2. The zero-order chi connectivity index (χ0) is 27.1. The second-order valence-corrected chi connectivity index (χ2v) is 9.65. The van der Waals surface area contributed by atoms with Gasteiger partial charge >= 0.3 is 0 Å². The number of ether oxygens (including phenoxy) is 1. The van der Waals surface area contributed by atoms with Crippen molar-refractivity contribution in [1.82, 2.24) is 0 Å². The van der Waals surface area contributed by atoms with E-state index < -0.39 is 5.67 Å². The van der Waals surface area contributed by atoms with Gasteiger partial charge < -0.3 is 4.74 Å². The third-order valence-electron chi connectivity index (χ3n) is 5.79. The lowest BCUT2D eigenvalue weighted by Crippen LogP contribution is -2.25. The van der Waals surface area contributed by atoms with Crippen LogP contribution in [0.2, 0.25) is 0 Å². The first kappa shape index (κ1) is 31.2. The molecule has 0 bridgehead atoms. The van der Waals surface area contributed by atoms with Crippen molar-refractivity contribution in [3.8, 4) is 0 Å². The van der Waals surface area contributed by atoms with Gasteiger partial charge in [0.1, 0.15) is 5.67 Å². The Morgan fingerprint density at radius 2 is 1.58 bits per heavy atom. The first-order chi connectivity index (χ1) is 17.0. The van der Waals surface area contributed by atoms with Crippen LogP contribution in [0.25, 0.3) is 11.3 Å².